The largest absolute Gasteiger partial charge is 0.494 e. The van der Waals surface area contributed by atoms with E-state index in [9.17, 15) is 14.0 Å². The van der Waals surface area contributed by atoms with E-state index < -0.39 is 11.7 Å². The first-order valence-electron chi connectivity index (χ1n) is 7.62. The molecular weight excluding hydrogens is 327 g/mol. The quantitative estimate of drug-likeness (QED) is 0.767. The fourth-order valence-corrected chi connectivity index (χ4v) is 2.16. The summed E-state index contributed by atoms with van der Waals surface area (Å²) in [5.74, 6) is -0.767. The Kier molecular flexibility index (Phi) is 6.33. The number of halogens is 1. The van der Waals surface area contributed by atoms with Crippen molar-refractivity contribution < 1.29 is 23.5 Å². The first kappa shape index (κ1) is 18.3. The standard InChI is InChI=1S/C18H19FN2O4/c1-24-15-7-6-12(10-13(15)19)11-18(23)21-14-4-2-3-5-16(14)25-9-8-17(20)22/h2-7,10H,8-9,11H2,1H3,(H2,20,22)(H,21,23). The Bertz CT molecular complexity index is 764. The van der Waals surface area contributed by atoms with Gasteiger partial charge in [-0.05, 0) is 29.8 Å². The maximum atomic E-state index is 13.7. The molecule has 0 spiro atoms. The van der Waals surface area contributed by atoms with Crippen LogP contribution < -0.4 is 20.5 Å². The lowest BCUT2D eigenvalue weighted by molar-refractivity contribution is -0.118. The van der Waals surface area contributed by atoms with Crippen LogP contribution in [0.4, 0.5) is 10.1 Å². The highest BCUT2D eigenvalue weighted by molar-refractivity contribution is 5.93. The van der Waals surface area contributed by atoms with Crippen molar-refractivity contribution in [3.8, 4) is 11.5 Å². The van der Waals surface area contributed by atoms with Crippen LogP contribution in [0.15, 0.2) is 42.5 Å². The van der Waals surface area contributed by atoms with Crippen molar-refractivity contribution in [1.29, 1.82) is 0 Å². The van der Waals surface area contributed by atoms with Crippen molar-refractivity contribution in [2.75, 3.05) is 19.0 Å². The molecule has 0 radical (unpaired) electrons. The van der Waals surface area contributed by atoms with Crippen molar-refractivity contribution in [2.24, 2.45) is 5.73 Å². The van der Waals surface area contributed by atoms with Crippen LogP contribution in [0.3, 0.4) is 0 Å². The Morgan fingerprint density at radius 2 is 1.92 bits per heavy atom. The van der Waals surface area contributed by atoms with Gasteiger partial charge in [0, 0.05) is 0 Å². The van der Waals surface area contributed by atoms with E-state index >= 15 is 0 Å². The van der Waals surface area contributed by atoms with E-state index in [-0.39, 0.29) is 31.1 Å². The minimum atomic E-state index is -0.525. The second-order valence-electron chi connectivity index (χ2n) is 5.25. The Labute approximate surface area is 144 Å². The summed E-state index contributed by atoms with van der Waals surface area (Å²) in [5.41, 5.74) is 6.05. The zero-order valence-electron chi connectivity index (χ0n) is 13.8. The van der Waals surface area contributed by atoms with Gasteiger partial charge in [-0.2, -0.15) is 0 Å². The molecule has 2 amide bonds. The number of anilines is 1. The predicted octanol–water partition coefficient (Wildman–Crippen LogP) is 2.27. The molecule has 25 heavy (non-hydrogen) atoms. The molecule has 0 fully saturated rings. The number of benzene rings is 2. The summed E-state index contributed by atoms with van der Waals surface area (Å²) >= 11 is 0. The van der Waals surface area contributed by atoms with Crippen LogP contribution in [0, 0.1) is 5.82 Å². The molecule has 0 aliphatic rings. The number of para-hydroxylation sites is 2. The second-order valence-corrected chi connectivity index (χ2v) is 5.25. The first-order chi connectivity index (χ1) is 12.0. The molecule has 6 nitrogen and oxygen atoms in total. The van der Waals surface area contributed by atoms with Crippen molar-refractivity contribution in [1.82, 2.24) is 0 Å². The molecule has 0 unspecified atom stereocenters. The lowest BCUT2D eigenvalue weighted by atomic mass is 10.1. The molecule has 2 rings (SSSR count). The summed E-state index contributed by atoms with van der Waals surface area (Å²) < 4.78 is 24.0. The van der Waals surface area contributed by atoms with Gasteiger partial charge >= 0.3 is 0 Å². The van der Waals surface area contributed by atoms with Crippen molar-refractivity contribution in [3.63, 3.8) is 0 Å². The Morgan fingerprint density at radius 3 is 2.60 bits per heavy atom. The summed E-state index contributed by atoms with van der Waals surface area (Å²) in [4.78, 5) is 22.9. The van der Waals surface area contributed by atoms with Gasteiger partial charge < -0.3 is 20.5 Å². The molecule has 0 atom stereocenters. The van der Waals surface area contributed by atoms with Crippen molar-refractivity contribution in [3.05, 3.63) is 53.8 Å². The fraction of sp³-hybridized carbons (Fsp3) is 0.222. The lowest BCUT2D eigenvalue weighted by Crippen LogP contribution is -2.17. The molecule has 0 heterocycles. The summed E-state index contributed by atoms with van der Waals surface area (Å²) in [5, 5.41) is 2.71. The average molecular weight is 346 g/mol. The molecule has 0 aliphatic carbocycles. The van der Waals surface area contributed by atoms with E-state index in [0.29, 0.717) is 17.0 Å². The van der Waals surface area contributed by atoms with E-state index in [1.807, 2.05) is 0 Å². The van der Waals surface area contributed by atoms with E-state index in [1.165, 1.54) is 19.2 Å². The Hall–Kier alpha value is -3.09. The van der Waals surface area contributed by atoms with Gasteiger partial charge in [-0.1, -0.05) is 18.2 Å². The number of carbonyl (C=O) groups is 2. The number of amides is 2. The van der Waals surface area contributed by atoms with Gasteiger partial charge in [-0.15, -0.1) is 0 Å². The second kappa shape index (κ2) is 8.68. The van der Waals surface area contributed by atoms with Gasteiger partial charge in [-0.25, -0.2) is 4.39 Å². The molecular formula is C18H19FN2O4. The number of primary amides is 1. The zero-order valence-corrected chi connectivity index (χ0v) is 13.8. The van der Waals surface area contributed by atoms with Gasteiger partial charge in [0.15, 0.2) is 11.6 Å². The third-order valence-corrected chi connectivity index (χ3v) is 3.35. The summed E-state index contributed by atoms with van der Waals surface area (Å²) in [6.07, 6.45) is 0.0734. The van der Waals surface area contributed by atoms with Gasteiger partial charge in [0.25, 0.3) is 0 Å². The smallest absolute Gasteiger partial charge is 0.228 e. The Morgan fingerprint density at radius 1 is 1.16 bits per heavy atom. The molecule has 132 valence electrons. The van der Waals surface area contributed by atoms with Crippen LogP contribution in [0.1, 0.15) is 12.0 Å². The molecule has 7 heteroatoms. The molecule has 2 aromatic rings. The summed E-state index contributed by atoms with van der Waals surface area (Å²) in [6, 6.07) is 11.2. The van der Waals surface area contributed by atoms with Gasteiger partial charge in [-0.3, -0.25) is 9.59 Å². The van der Waals surface area contributed by atoms with Gasteiger partial charge in [0.2, 0.25) is 11.8 Å². The molecule has 2 aromatic carbocycles. The van der Waals surface area contributed by atoms with Crippen LogP contribution in [-0.2, 0) is 16.0 Å². The molecule has 0 saturated heterocycles. The van der Waals surface area contributed by atoms with E-state index in [1.54, 1.807) is 30.3 Å². The highest BCUT2D eigenvalue weighted by Gasteiger charge is 2.11. The summed E-state index contributed by atoms with van der Waals surface area (Å²) in [6.45, 7) is 0.117. The first-order valence-corrected chi connectivity index (χ1v) is 7.62. The number of ether oxygens (including phenoxy) is 2. The Balaban J connectivity index is 2.00. The number of nitrogens with one attached hydrogen (secondary N) is 1. The monoisotopic (exact) mass is 346 g/mol. The molecule has 0 aliphatic heterocycles. The predicted molar refractivity (Wildman–Crippen MR) is 91.0 cm³/mol. The topological polar surface area (TPSA) is 90.7 Å². The van der Waals surface area contributed by atoms with E-state index in [2.05, 4.69) is 5.32 Å². The molecule has 0 aromatic heterocycles. The summed E-state index contributed by atoms with van der Waals surface area (Å²) in [7, 11) is 1.37. The van der Waals surface area contributed by atoms with Crippen molar-refractivity contribution >= 4 is 17.5 Å². The third kappa shape index (κ3) is 5.49. The van der Waals surface area contributed by atoms with Crippen LogP contribution in [0.2, 0.25) is 0 Å². The molecule has 0 bridgehead atoms. The van der Waals surface area contributed by atoms with Crippen LogP contribution in [0.25, 0.3) is 0 Å². The van der Waals surface area contributed by atoms with Crippen LogP contribution in [0.5, 0.6) is 11.5 Å². The number of hydrogen-bond acceptors (Lipinski definition) is 4. The van der Waals surface area contributed by atoms with E-state index in [4.69, 9.17) is 15.2 Å². The average Bonchev–Trinajstić information content (AvgIpc) is 2.56. The lowest BCUT2D eigenvalue weighted by Gasteiger charge is -2.12. The fourth-order valence-electron chi connectivity index (χ4n) is 2.16. The third-order valence-electron chi connectivity index (χ3n) is 3.35. The molecule has 0 saturated carbocycles. The minimum Gasteiger partial charge on any atom is -0.494 e. The number of nitrogens with two attached hydrogens (primary N) is 1. The van der Waals surface area contributed by atoms with Gasteiger partial charge in [0.1, 0.15) is 5.75 Å². The highest BCUT2D eigenvalue weighted by atomic mass is 19.1. The molecule has 3 N–H and O–H groups in total. The number of methoxy groups -OCH3 is 1. The maximum Gasteiger partial charge on any atom is 0.228 e. The number of hydrogen-bond donors (Lipinski definition) is 2. The van der Waals surface area contributed by atoms with E-state index in [0.717, 1.165) is 0 Å². The van der Waals surface area contributed by atoms with Crippen molar-refractivity contribution in [2.45, 2.75) is 12.8 Å². The SMILES string of the molecule is COc1ccc(CC(=O)Nc2ccccc2OCCC(N)=O)cc1F. The number of carbonyl (C=O) groups excluding carboxylic acids is 2. The highest BCUT2D eigenvalue weighted by Crippen LogP contribution is 2.24. The van der Waals surface area contributed by atoms with Crippen LogP contribution in [-0.4, -0.2) is 25.5 Å². The number of rotatable bonds is 8. The van der Waals surface area contributed by atoms with Gasteiger partial charge in [0.05, 0.1) is 32.2 Å². The minimum absolute atomic E-state index is 0.00344. The zero-order chi connectivity index (χ0) is 18.2. The normalized spacial score (nSPS) is 10.2. The van der Waals surface area contributed by atoms with Crippen LogP contribution >= 0.6 is 0 Å². The maximum absolute atomic E-state index is 13.7.